The Morgan fingerprint density at radius 3 is 2.50 bits per heavy atom. The van der Waals surface area contributed by atoms with Crippen molar-refractivity contribution in [3.63, 3.8) is 0 Å². The molecule has 9 atom stereocenters. The molecular formula is C29H47FN2O4. The number of hydrogen-bond acceptors (Lipinski definition) is 4. The molecule has 0 radical (unpaired) electrons. The molecule has 6 nitrogen and oxygen atoms in total. The van der Waals surface area contributed by atoms with Gasteiger partial charge in [-0.15, -0.1) is 0 Å². The lowest BCUT2D eigenvalue weighted by atomic mass is 9.43. The van der Waals surface area contributed by atoms with Crippen LogP contribution < -0.4 is 0 Å². The number of fused-ring (bicyclic) bond motifs is 5. The van der Waals surface area contributed by atoms with Crippen molar-refractivity contribution in [1.29, 1.82) is 0 Å². The highest BCUT2D eigenvalue weighted by Gasteiger charge is 2.69. The van der Waals surface area contributed by atoms with E-state index in [4.69, 9.17) is 4.74 Å². The van der Waals surface area contributed by atoms with Gasteiger partial charge in [0, 0.05) is 18.8 Å². The van der Waals surface area contributed by atoms with Crippen LogP contribution in [0.4, 0.5) is 4.39 Å². The molecule has 4 aliphatic rings. The molecule has 0 N–H and O–H groups in total. The van der Waals surface area contributed by atoms with Crippen LogP contribution in [0.15, 0.2) is 5.10 Å². The number of nitrogens with zero attached hydrogens (tertiary/aromatic N) is 2. The molecule has 4 aliphatic carbocycles. The minimum absolute atomic E-state index is 0.0174. The van der Waals surface area contributed by atoms with Crippen LogP contribution in [-0.4, -0.2) is 28.5 Å². The van der Waals surface area contributed by atoms with E-state index in [9.17, 15) is 14.9 Å². The Labute approximate surface area is 216 Å². The SMILES string of the molecule is CC(=O)O[C@H]1CC[C@]2(C)[C@H]3CC[C@]4(C)[C@@H](C(C)CCCC(C)C)CC[C@H]4[C@@H]3C/C(=N\[N+](=O)[O-])[C@@]2(F)C1. The summed E-state index contributed by atoms with van der Waals surface area (Å²) in [6, 6.07) is 0. The van der Waals surface area contributed by atoms with E-state index in [-0.39, 0.29) is 29.4 Å². The summed E-state index contributed by atoms with van der Waals surface area (Å²) < 4.78 is 22.5. The number of nitro groups is 1. The van der Waals surface area contributed by atoms with Crippen molar-refractivity contribution in [2.24, 2.45) is 51.4 Å². The highest BCUT2D eigenvalue weighted by Crippen LogP contribution is 2.69. The van der Waals surface area contributed by atoms with Crippen LogP contribution in [0.2, 0.25) is 0 Å². The fourth-order valence-corrected chi connectivity index (χ4v) is 9.56. The van der Waals surface area contributed by atoms with Gasteiger partial charge in [0.25, 0.3) is 0 Å². The summed E-state index contributed by atoms with van der Waals surface area (Å²) in [4.78, 5) is 23.2. The van der Waals surface area contributed by atoms with Crippen LogP contribution >= 0.6 is 0 Å². The minimum Gasteiger partial charge on any atom is -0.462 e. The van der Waals surface area contributed by atoms with Crippen molar-refractivity contribution in [2.45, 2.75) is 124 Å². The maximum absolute atomic E-state index is 17.1. The second-order valence-corrected chi connectivity index (χ2v) is 13.6. The fourth-order valence-electron chi connectivity index (χ4n) is 9.56. The number of rotatable bonds is 7. The molecule has 0 spiro atoms. The quantitative estimate of drug-likeness (QED) is 0.205. The number of carbonyl (C=O) groups excluding carboxylic acids is 1. The molecule has 204 valence electrons. The topological polar surface area (TPSA) is 81.8 Å². The molecular weight excluding hydrogens is 459 g/mol. The second-order valence-electron chi connectivity index (χ2n) is 13.6. The van der Waals surface area contributed by atoms with Crippen molar-refractivity contribution in [3.05, 3.63) is 10.1 Å². The van der Waals surface area contributed by atoms with Crippen LogP contribution in [0, 0.1) is 56.5 Å². The number of carbonyl (C=O) groups is 1. The molecule has 0 aliphatic heterocycles. The summed E-state index contributed by atoms with van der Waals surface area (Å²) in [6.07, 6.45) is 9.19. The molecule has 0 aromatic rings. The normalized spacial score (nSPS) is 44.0. The zero-order valence-corrected chi connectivity index (χ0v) is 23.2. The van der Waals surface area contributed by atoms with Gasteiger partial charge in [-0.1, -0.05) is 53.9 Å². The minimum atomic E-state index is -1.91. The van der Waals surface area contributed by atoms with Gasteiger partial charge in [0.05, 0.1) is 5.10 Å². The largest absolute Gasteiger partial charge is 0.462 e. The Morgan fingerprint density at radius 2 is 1.86 bits per heavy atom. The van der Waals surface area contributed by atoms with Crippen LogP contribution in [0.3, 0.4) is 0 Å². The number of hydrazone groups is 1. The summed E-state index contributed by atoms with van der Waals surface area (Å²) >= 11 is 0. The Morgan fingerprint density at radius 1 is 1.14 bits per heavy atom. The summed E-state index contributed by atoms with van der Waals surface area (Å²) in [6.45, 7) is 12.8. The number of ether oxygens (including phenoxy) is 1. The van der Waals surface area contributed by atoms with Gasteiger partial charge in [0.15, 0.2) is 10.7 Å². The van der Waals surface area contributed by atoms with Crippen molar-refractivity contribution < 1.29 is 19.0 Å². The first-order valence-corrected chi connectivity index (χ1v) is 14.4. The van der Waals surface area contributed by atoms with Gasteiger partial charge < -0.3 is 4.74 Å². The van der Waals surface area contributed by atoms with E-state index >= 15 is 4.39 Å². The van der Waals surface area contributed by atoms with E-state index in [1.807, 2.05) is 6.92 Å². The monoisotopic (exact) mass is 506 g/mol. The predicted molar refractivity (Wildman–Crippen MR) is 139 cm³/mol. The molecule has 36 heavy (non-hydrogen) atoms. The summed E-state index contributed by atoms with van der Waals surface area (Å²) in [5.74, 6) is 2.50. The maximum Gasteiger partial charge on any atom is 0.302 e. The smallest absolute Gasteiger partial charge is 0.302 e. The Balaban J connectivity index is 1.61. The summed E-state index contributed by atoms with van der Waals surface area (Å²) in [5, 5.41) is 14.5. The van der Waals surface area contributed by atoms with Gasteiger partial charge in [-0.25, -0.2) is 14.5 Å². The Hall–Kier alpha value is -1.53. The van der Waals surface area contributed by atoms with Gasteiger partial charge >= 0.3 is 5.97 Å². The first-order chi connectivity index (χ1) is 16.8. The molecule has 1 unspecified atom stereocenters. The van der Waals surface area contributed by atoms with E-state index in [0.717, 1.165) is 25.2 Å². The van der Waals surface area contributed by atoms with E-state index in [1.165, 1.54) is 32.6 Å². The Kier molecular flexibility index (Phi) is 7.62. The van der Waals surface area contributed by atoms with Crippen LogP contribution in [0.25, 0.3) is 0 Å². The molecule has 0 bridgehead atoms. The first kappa shape index (κ1) is 27.5. The van der Waals surface area contributed by atoms with E-state index in [0.29, 0.717) is 37.0 Å². The molecule has 4 fully saturated rings. The number of halogens is 1. The molecule has 0 heterocycles. The Bertz CT molecular complexity index is 892. The average molecular weight is 507 g/mol. The number of esters is 1. The van der Waals surface area contributed by atoms with Gasteiger partial charge in [0.1, 0.15) is 11.8 Å². The number of alkyl halides is 1. The zero-order valence-electron chi connectivity index (χ0n) is 23.2. The van der Waals surface area contributed by atoms with Crippen molar-refractivity contribution in [3.8, 4) is 0 Å². The maximum atomic E-state index is 17.1. The highest BCUT2D eigenvalue weighted by atomic mass is 19.1. The van der Waals surface area contributed by atoms with Gasteiger partial charge in [-0.05, 0) is 85.9 Å². The predicted octanol–water partition coefficient (Wildman–Crippen LogP) is 7.37. The molecule has 0 aromatic carbocycles. The third kappa shape index (κ3) is 4.62. The van der Waals surface area contributed by atoms with Gasteiger partial charge in [0.2, 0.25) is 0 Å². The van der Waals surface area contributed by atoms with Crippen molar-refractivity contribution in [2.75, 3.05) is 0 Å². The van der Waals surface area contributed by atoms with Crippen molar-refractivity contribution >= 4 is 11.7 Å². The lowest BCUT2D eigenvalue weighted by Gasteiger charge is -2.62. The first-order valence-electron chi connectivity index (χ1n) is 14.4. The van der Waals surface area contributed by atoms with Crippen LogP contribution in [0.1, 0.15) is 112 Å². The van der Waals surface area contributed by atoms with Gasteiger partial charge in [-0.3, -0.25) is 4.79 Å². The third-order valence-corrected chi connectivity index (χ3v) is 11.3. The standard InChI is InChI=1S/C29H47FN2O4/c1-18(2)8-7-9-19(3)23-10-11-24-22-16-26(31-32(34)35)29(30)17-21(36-20(4)33)12-15-28(29,6)25(22)13-14-27(23,24)5/h18-19,21-25H,7-17H2,1-6H3/b31-26+/t19?,21-,22-,23+,24-,25-,27+,28+,29-/m0/s1. The average Bonchev–Trinajstić information content (AvgIpc) is 3.12. The molecule has 4 rings (SSSR count). The van der Waals surface area contributed by atoms with Gasteiger partial charge in [-0.2, -0.15) is 0 Å². The molecule has 7 heteroatoms. The van der Waals surface area contributed by atoms with Crippen molar-refractivity contribution in [1.82, 2.24) is 0 Å². The lowest BCUT2D eigenvalue weighted by Crippen LogP contribution is -2.65. The molecule has 0 amide bonds. The third-order valence-electron chi connectivity index (χ3n) is 11.3. The second kappa shape index (κ2) is 9.98. The van der Waals surface area contributed by atoms with E-state index in [1.54, 1.807) is 0 Å². The molecule has 0 aromatic heterocycles. The summed E-state index contributed by atoms with van der Waals surface area (Å²) in [5.41, 5.74) is -2.33. The lowest BCUT2D eigenvalue weighted by molar-refractivity contribution is -0.486. The fraction of sp³-hybridized carbons (Fsp3) is 0.931. The van der Waals surface area contributed by atoms with Crippen LogP contribution in [0.5, 0.6) is 0 Å². The molecule has 0 saturated heterocycles. The number of hydrogen-bond donors (Lipinski definition) is 0. The summed E-state index contributed by atoms with van der Waals surface area (Å²) in [7, 11) is 0. The molecule has 4 saturated carbocycles. The highest BCUT2D eigenvalue weighted by molar-refractivity contribution is 5.94. The van der Waals surface area contributed by atoms with E-state index < -0.39 is 28.2 Å². The zero-order chi connectivity index (χ0) is 26.5. The van der Waals surface area contributed by atoms with E-state index in [2.05, 4.69) is 32.8 Å². The van der Waals surface area contributed by atoms with Crippen LogP contribution in [-0.2, 0) is 9.53 Å².